The van der Waals surface area contributed by atoms with Gasteiger partial charge in [0.05, 0.1) is 24.9 Å². The molecule has 7 nitrogen and oxygen atoms in total. The maximum absolute atomic E-state index is 12.7. The van der Waals surface area contributed by atoms with Crippen LogP contribution in [0.5, 0.6) is 11.5 Å². The smallest absolute Gasteiger partial charge is 0.254 e. The third-order valence-corrected chi connectivity index (χ3v) is 4.80. The summed E-state index contributed by atoms with van der Waals surface area (Å²) in [6.07, 6.45) is 0. The highest BCUT2D eigenvalue weighted by Crippen LogP contribution is 2.35. The molecule has 3 aromatic rings. The molecule has 1 amide bonds. The number of aromatic nitrogens is 2. The normalized spacial score (nSPS) is 10.6. The Hall–Kier alpha value is -3.03. The summed E-state index contributed by atoms with van der Waals surface area (Å²) in [4.78, 5) is 29.8. The zero-order valence-electron chi connectivity index (χ0n) is 16.5. The minimum absolute atomic E-state index is 0.263. The molecule has 0 saturated carbocycles. The van der Waals surface area contributed by atoms with Gasteiger partial charge in [0.1, 0.15) is 23.9 Å². The maximum atomic E-state index is 12.7. The number of anilines is 1. The second-order valence-corrected chi connectivity index (χ2v) is 7.23. The minimum atomic E-state index is -0.453. The molecule has 0 aliphatic heterocycles. The van der Waals surface area contributed by atoms with Gasteiger partial charge in [-0.25, -0.2) is 4.98 Å². The van der Waals surface area contributed by atoms with Crippen LogP contribution in [-0.2, 0) is 11.3 Å². The van der Waals surface area contributed by atoms with E-state index < -0.39 is 5.91 Å². The van der Waals surface area contributed by atoms with Gasteiger partial charge in [-0.15, -0.1) is 0 Å². The number of carbonyl (C=O) groups excluding carboxylic acids is 1. The molecule has 0 radical (unpaired) electrons. The van der Waals surface area contributed by atoms with E-state index in [2.05, 4.69) is 10.3 Å². The van der Waals surface area contributed by atoms with Crippen molar-refractivity contribution in [1.82, 2.24) is 9.55 Å². The molecule has 0 aliphatic rings. The first-order valence-electron chi connectivity index (χ1n) is 8.88. The molecule has 30 heavy (non-hydrogen) atoms. The number of rotatable bonds is 6. The van der Waals surface area contributed by atoms with Crippen molar-refractivity contribution in [3.63, 3.8) is 0 Å². The number of nitrogens with zero attached hydrogens (tertiary/aromatic N) is 2. The Bertz CT molecular complexity index is 1160. The van der Waals surface area contributed by atoms with Gasteiger partial charge in [0, 0.05) is 28.4 Å². The van der Waals surface area contributed by atoms with Gasteiger partial charge < -0.3 is 14.8 Å². The lowest BCUT2D eigenvalue weighted by Crippen LogP contribution is -2.29. The molecule has 1 aromatic heterocycles. The van der Waals surface area contributed by atoms with Crippen LogP contribution in [0.3, 0.4) is 0 Å². The topological polar surface area (TPSA) is 82.4 Å². The first-order chi connectivity index (χ1) is 14.3. The number of hydrogen-bond acceptors (Lipinski definition) is 5. The first kappa shape index (κ1) is 21.7. The monoisotopic (exact) mass is 447 g/mol. The summed E-state index contributed by atoms with van der Waals surface area (Å²) < 4.78 is 11.7. The van der Waals surface area contributed by atoms with Crippen LogP contribution in [0, 0.1) is 6.92 Å². The Morgan fingerprint density at radius 1 is 1.10 bits per heavy atom. The van der Waals surface area contributed by atoms with E-state index in [-0.39, 0.29) is 12.1 Å². The van der Waals surface area contributed by atoms with E-state index in [9.17, 15) is 9.59 Å². The highest BCUT2D eigenvalue weighted by Gasteiger charge is 2.16. The van der Waals surface area contributed by atoms with Crippen molar-refractivity contribution in [1.29, 1.82) is 0 Å². The van der Waals surface area contributed by atoms with Crippen LogP contribution in [0.1, 0.15) is 5.69 Å². The van der Waals surface area contributed by atoms with Crippen molar-refractivity contribution in [2.75, 3.05) is 19.5 Å². The second-order valence-electron chi connectivity index (χ2n) is 6.39. The molecule has 156 valence electrons. The van der Waals surface area contributed by atoms with Gasteiger partial charge in [0.15, 0.2) is 0 Å². The highest BCUT2D eigenvalue weighted by atomic mass is 35.5. The largest absolute Gasteiger partial charge is 0.495 e. The van der Waals surface area contributed by atoms with E-state index in [0.29, 0.717) is 44.3 Å². The van der Waals surface area contributed by atoms with Gasteiger partial charge in [-0.2, -0.15) is 0 Å². The van der Waals surface area contributed by atoms with Crippen molar-refractivity contribution in [2.45, 2.75) is 13.5 Å². The summed E-state index contributed by atoms with van der Waals surface area (Å²) in [5, 5.41) is 3.52. The van der Waals surface area contributed by atoms with Crippen LogP contribution in [0.2, 0.25) is 10.0 Å². The van der Waals surface area contributed by atoms with Crippen LogP contribution >= 0.6 is 23.2 Å². The zero-order valence-corrected chi connectivity index (χ0v) is 18.0. The molecule has 0 saturated heterocycles. The Morgan fingerprint density at radius 3 is 2.50 bits per heavy atom. The Labute approximate surface area is 183 Å². The van der Waals surface area contributed by atoms with E-state index >= 15 is 0 Å². The van der Waals surface area contributed by atoms with Crippen LogP contribution < -0.4 is 20.3 Å². The zero-order chi connectivity index (χ0) is 21.8. The Kier molecular flexibility index (Phi) is 6.64. The molecular weight excluding hydrogens is 429 g/mol. The molecule has 0 spiro atoms. The van der Waals surface area contributed by atoms with Gasteiger partial charge in [-0.3, -0.25) is 14.2 Å². The van der Waals surface area contributed by atoms with E-state index in [4.69, 9.17) is 32.7 Å². The third-order valence-electron chi connectivity index (χ3n) is 4.27. The number of nitrogens with one attached hydrogen (secondary N) is 1. The minimum Gasteiger partial charge on any atom is -0.495 e. The number of hydrogen-bond donors (Lipinski definition) is 1. The standard InChI is InChI=1S/C21H19Cl2N3O4/c1-12-7-20(28)26(21(24-12)13-5-4-6-14(22)8-13)11-19(27)25-16-9-15(23)17(29-2)10-18(16)30-3/h4-10H,11H2,1-3H3,(H,25,27). The molecule has 0 aliphatic carbocycles. The molecule has 1 heterocycles. The lowest BCUT2D eigenvalue weighted by molar-refractivity contribution is -0.116. The number of halogens is 2. The fraction of sp³-hybridized carbons (Fsp3) is 0.190. The molecule has 0 bridgehead atoms. The second kappa shape index (κ2) is 9.19. The number of aryl methyl sites for hydroxylation is 1. The fourth-order valence-electron chi connectivity index (χ4n) is 2.91. The third kappa shape index (κ3) is 4.75. The van der Waals surface area contributed by atoms with Crippen LogP contribution in [-0.4, -0.2) is 29.7 Å². The van der Waals surface area contributed by atoms with Gasteiger partial charge in [0.25, 0.3) is 5.56 Å². The summed E-state index contributed by atoms with van der Waals surface area (Å²) in [7, 11) is 2.94. The molecular formula is C21H19Cl2N3O4. The molecule has 3 rings (SSSR count). The highest BCUT2D eigenvalue weighted by molar-refractivity contribution is 6.32. The summed E-state index contributed by atoms with van der Waals surface area (Å²) in [6, 6.07) is 11.4. The van der Waals surface area contributed by atoms with Crippen molar-refractivity contribution in [3.8, 4) is 22.9 Å². The van der Waals surface area contributed by atoms with E-state index in [0.717, 1.165) is 0 Å². The quantitative estimate of drug-likeness (QED) is 0.612. The lowest BCUT2D eigenvalue weighted by Gasteiger charge is -2.15. The average Bonchev–Trinajstić information content (AvgIpc) is 2.70. The van der Waals surface area contributed by atoms with E-state index in [1.54, 1.807) is 37.3 Å². The number of ether oxygens (including phenoxy) is 2. The van der Waals surface area contributed by atoms with Crippen molar-refractivity contribution < 1.29 is 14.3 Å². The number of methoxy groups -OCH3 is 2. The SMILES string of the molecule is COc1cc(OC)c(NC(=O)Cn2c(-c3cccc(Cl)c3)nc(C)cc2=O)cc1Cl. The molecule has 0 fully saturated rings. The van der Waals surface area contributed by atoms with Gasteiger partial charge in [-0.1, -0.05) is 35.3 Å². The predicted octanol–water partition coefficient (Wildman–Crippen LogP) is 4.18. The molecule has 1 N–H and O–H groups in total. The van der Waals surface area contributed by atoms with Crippen molar-refractivity contribution >= 4 is 34.8 Å². The molecule has 2 aromatic carbocycles. The van der Waals surface area contributed by atoms with Crippen LogP contribution in [0.4, 0.5) is 5.69 Å². The number of amides is 1. The van der Waals surface area contributed by atoms with Gasteiger partial charge >= 0.3 is 0 Å². The average molecular weight is 448 g/mol. The molecule has 9 heteroatoms. The first-order valence-corrected chi connectivity index (χ1v) is 9.63. The lowest BCUT2D eigenvalue weighted by atomic mass is 10.2. The number of benzene rings is 2. The number of carbonyl (C=O) groups is 1. The summed E-state index contributed by atoms with van der Waals surface area (Å²) >= 11 is 12.2. The Balaban J connectivity index is 1.95. The van der Waals surface area contributed by atoms with E-state index in [1.165, 1.54) is 30.9 Å². The van der Waals surface area contributed by atoms with E-state index in [1.807, 2.05) is 0 Å². The van der Waals surface area contributed by atoms with Crippen molar-refractivity contribution in [2.24, 2.45) is 0 Å². The molecule has 0 unspecified atom stereocenters. The van der Waals surface area contributed by atoms with Crippen LogP contribution in [0.25, 0.3) is 11.4 Å². The summed E-state index contributed by atoms with van der Waals surface area (Å²) in [5.41, 5.74) is 1.16. The fourth-order valence-corrected chi connectivity index (χ4v) is 3.34. The van der Waals surface area contributed by atoms with Crippen molar-refractivity contribution in [3.05, 3.63) is 68.6 Å². The summed E-state index contributed by atoms with van der Waals surface area (Å²) in [5.74, 6) is 0.672. The van der Waals surface area contributed by atoms with Crippen LogP contribution in [0.15, 0.2) is 47.3 Å². The summed E-state index contributed by atoms with van der Waals surface area (Å²) in [6.45, 7) is 1.45. The van der Waals surface area contributed by atoms with Gasteiger partial charge in [0.2, 0.25) is 5.91 Å². The van der Waals surface area contributed by atoms with Gasteiger partial charge in [-0.05, 0) is 25.1 Å². The maximum Gasteiger partial charge on any atom is 0.254 e. The Morgan fingerprint density at radius 2 is 1.83 bits per heavy atom. The molecule has 0 atom stereocenters. The predicted molar refractivity (Wildman–Crippen MR) is 117 cm³/mol.